The fraction of sp³-hybridized carbons (Fsp3) is 0.250. The molecule has 27 heavy (non-hydrogen) atoms. The Bertz CT molecular complexity index is 982. The summed E-state index contributed by atoms with van der Waals surface area (Å²) in [6.45, 7) is 0. The topological polar surface area (TPSA) is 73.3 Å². The Kier molecular flexibility index (Phi) is 4.77. The average molecular weight is 381 g/mol. The van der Waals surface area contributed by atoms with Crippen LogP contribution in [-0.4, -0.2) is 30.1 Å². The predicted molar refractivity (Wildman–Crippen MR) is 105 cm³/mol. The predicted octanol–water partition coefficient (Wildman–Crippen LogP) is 4.24. The van der Waals surface area contributed by atoms with Crippen LogP contribution in [0.2, 0.25) is 0 Å². The Morgan fingerprint density at radius 3 is 2.63 bits per heavy atom. The van der Waals surface area contributed by atoms with Crippen molar-refractivity contribution in [2.75, 3.05) is 19.5 Å². The number of ether oxygens (including phenoxy) is 2. The zero-order valence-electron chi connectivity index (χ0n) is 15.1. The fourth-order valence-corrected chi connectivity index (χ4v) is 3.54. The number of nitrogens with one attached hydrogen (secondary N) is 1. The van der Waals surface area contributed by atoms with Crippen LogP contribution in [0.4, 0.5) is 5.69 Å². The summed E-state index contributed by atoms with van der Waals surface area (Å²) in [5.41, 5.74) is 3.20. The highest BCUT2D eigenvalue weighted by molar-refractivity contribution is 7.14. The molecule has 0 unspecified atom stereocenters. The summed E-state index contributed by atoms with van der Waals surface area (Å²) in [7, 11) is 3.21. The van der Waals surface area contributed by atoms with Crippen LogP contribution >= 0.6 is 11.3 Å². The number of carbonyl (C=O) groups excluding carboxylic acids is 1. The molecule has 1 aliphatic carbocycles. The van der Waals surface area contributed by atoms with Crippen molar-refractivity contribution in [3.63, 3.8) is 0 Å². The Morgan fingerprint density at radius 2 is 1.89 bits per heavy atom. The van der Waals surface area contributed by atoms with E-state index in [0.29, 0.717) is 11.5 Å². The first kappa shape index (κ1) is 17.5. The number of thiophene rings is 1. The molecule has 0 radical (unpaired) electrons. The minimum absolute atomic E-state index is 0.101. The van der Waals surface area contributed by atoms with E-state index in [1.807, 2.05) is 29.6 Å². The summed E-state index contributed by atoms with van der Waals surface area (Å²) in [4.78, 5) is 21.9. The highest BCUT2D eigenvalue weighted by Gasteiger charge is 2.29. The molecule has 0 spiro atoms. The Morgan fingerprint density at radius 1 is 1.11 bits per heavy atom. The van der Waals surface area contributed by atoms with Crippen LogP contribution in [0.25, 0.3) is 21.8 Å². The molecule has 0 atom stereocenters. The molecule has 3 aromatic rings. The van der Waals surface area contributed by atoms with Gasteiger partial charge in [0.15, 0.2) is 11.5 Å². The first-order valence-electron chi connectivity index (χ1n) is 8.62. The SMILES string of the molecule is COc1ccc(-c2cncc(-c3cc(NC(=O)C4CC4)cs3)n2)cc1OC. The van der Waals surface area contributed by atoms with Gasteiger partial charge in [0.05, 0.1) is 48.6 Å². The van der Waals surface area contributed by atoms with Gasteiger partial charge in [0.2, 0.25) is 5.91 Å². The van der Waals surface area contributed by atoms with Crippen molar-refractivity contribution in [1.82, 2.24) is 9.97 Å². The molecule has 1 aliphatic rings. The molecule has 7 heteroatoms. The molecule has 2 heterocycles. The first-order valence-corrected chi connectivity index (χ1v) is 9.50. The molecule has 4 rings (SSSR count). The number of nitrogens with zero attached hydrogens (tertiary/aromatic N) is 2. The molecule has 1 fully saturated rings. The van der Waals surface area contributed by atoms with Gasteiger partial charge in [0, 0.05) is 16.9 Å². The molecule has 2 aromatic heterocycles. The number of benzene rings is 1. The van der Waals surface area contributed by atoms with Gasteiger partial charge in [0.1, 0.15) is 0 Å². The Labute approximate surface area is 161 Å². The van der Waals surface area contributed by atoms with E-state index in [4.69, 9.17) is 14.5 Å². The molecule has 1 saturated carbocycles. The first-order chi connectivity index (χ1) is 13.2. The number of hydrogen-bond donors (Lipinski definition) is 1. The summed E-state index contributed by atoms with van der Waals surface area (Å²) in [6, 6.07) is 7.58. The molecule has 1 N–H and O–H groups in total. The number of methoxy groups -OCH3 is 2. The lowest BCUT2D eigenvalue weighted by Gasteiger charge is -2.09. The van der Waals surface area contributed by atoms with Crippen molar-refractivity contribution in [3.05, 3.63) is 42.0 Å². The Hall–Kier alpha value is -2.93. The molecule has 0 bridgehead atoms. The monoisotopic (exact) mass is 381 g/mol. The average Bonchev–Trinajstić information content (AvgIpc) is 3.47. The van der Waals surface area contributed by atoms with Crippen LogP contribution in [0.3, 0.4) is 0 Å². The number of carbonyl (C=O) groups is 1. The molecule has 0 saturated heterocycles. The standard InChI is InChI=1S/C20H19N3O3S/c1-25-17-6-5-13(7-18(17)26-2)15-9-21-10-16(23-15)19-8-14(11-27-19)22-20(24)12-3-4-12/h5-12H,3-4H2,1-2H3,(H,22,24). The van der Waals surface area contributed by atoms with Gasteiger partial charge in [-0.2, -0.15) is 0 Å². The second kappa shape index (κ2) is 7.36. The third kappa shape index (κ3) is 3.78. The van der Waals surface area contributed by atoms with Gasteiger partial charge in [0.25, 0.3) is 0 Å². The van der Waals surface area contributed by atoms with Gasteiger partial charge in [-0.1, -0.05) is 0 Å². The van der Waals surface area contributed by atoms with Crippen LogP contribution in [0.15, 0.2) is 42.0 Å². The molecular weight excluding hydrogens is 362 g/mol. The highest BCUT2D eigenvalue weighted by atomic mass is 32.1. The maximum Gasteiger partial charge on any atom is 0.227 e. The van der Waals surface area contributed by atoms with E-state index in [1.54, 1.807) is 26.6 Å². The van der Waals surface area contributed by atoms with Gasteiger partial charge in [-0.25, -0.2) is 4.98 Å². The second-order valence-electron chi connectivity index (χ2n) is 6.32. The summed E-state index contributed by atoms with van der Waals surface area (Å²) < 4.78 is 10.6. The molecule has 1 aromatic carbocycles. The third-order valence-corrected chi connectivity index (χ3v) is 5.33. The normalized spacial score (nSPS) is 13.3. The minimum atomic E-state index is 0.101. The molecule has 6 nitrogen and oxygen atoms in total. The van der Waals surface area contributed by atoms with Crippen LogP contribution in [0.1, 0.15) is 12.8 Å². The van der Waals surface area contributed by atoms with Gasteiger partial charge in [-0.15, -0.1) is 11.3 Å². The minimum Gasteiger partial charge on any atom is -0.493 e. The number of hydrogen-bond acceptors (Lipinski definition) is 6. The summed E-state index contributed by atoms with van der Waals surface area (Å²) in [5.74, 6) is 1.59. The molecule has 0 aliphatic heterocycles. The summed E-state index contributed by atoms with van der Waals surface area (Å²) in [6.07, 6.45) is 5.42. The maximum absolute atomic E-state index is 11.9. The zero-order chi connectivity index (χ0) is 18.8. The van der Waals surface area contributed by atoms with E-state index in [2.05, 4.69) is 10.3 Å². The van der Waals surface area contributed by atoms with Crippen LogP contribution in [0.5, 0.6) is 11.5 Å². The van der Waals surface area contributed by atoms with E-state index < -0.39 is 0 Å². The molecule has 1 amide bonds. The largest absolute Gasteiger partial charge is 0.493 e. The Balaban J connectivity index is 1.59. The van der Waals surface area contributed by atoms with Crippen LogP contribution in [0, 0.1) is 5.92 Å². The van der Waals surface area contributed by atoms with Gasteiger partial charge in [-0.3, -0.25) is 9.78 Å². The number of aromatic nitrogens is 2. The third-order valence-electron chi connectivity index (χ3n) is 4.38. The maximum atomic E-state index is 11.9. The van der Waals surface area contributed by atoms with Crippen molar-refractivity contribution in [2.45, 2.75) is 12.8 Å². The summed E-state index contributed by atoms with van der Waals surface area (Å²) in [5, 5.41) is 4.89. The van der Waals surface area contributed by atoms with Gasteiger partial charge in [-0.05, 0) is 37.1 Å². The molecular formula is C20H19N3O3S. The lowest BCUT2D eigenvalue weighted by Crippen LogP contribution is -2.12. The highest BCUT2D eigenvalue weighted by Crippen LogP contribution is 2.34. The zero-order valence-corrected chi connectivity index (χ0v) is 15.9. The van der Waals surface area contributed by atoms with E-state index in [9.17, 15) is 4.79 Å². The fourth-order valence-electron chi connectivity index (χ4n) is 2.75. The quantitative estimate of drug-likeness (QED) is 0.691. The summed E-state index contributed by atoms with van der Waals surface area (Å²) >= 11 is 1.53. The van der Waals surface area contributed by atoms with Gasteiger partial charge < -0.3 is 14.8 Å². The van der Waals surface area contributed by atoms with E-state index in [1.165, 1.54) is 11.3 Å². The van der Waals surface area contributed by atoms with Crippen LogP contribution < -0.4 is 14.8 Å². The van der Waals surface area contributed by atoms with E-state index in [0.717, 1.165) is 40.4 Å². The van der Waals surface area contributed by atoms with Gasteiger partial charge >= 0.3 is 0 Å². The van der Waals surface area contributed by atoms with Crippen molar-refractivity contribution in [3.8, 4) is 33.3 Å². The molecule has 138 valence electrons. The lowest BCUT2D eigenvalue weighted by molar-refractivity contribution is -0.117. The van der Waals surface area contributed by atoms with Crippen molar-refractivity contribution >= 4 is 22.9 Å². The van der Waals surface area contributed by atoms with Crippen molar-refractivity contribution in [2.24, 2.45) is 5.92 Å². The second-order valence-corrected chi connectivity index (χ2v) is 7.23. The smallest absolute Gasteiger partial charge is 0.227 e. The van der Waals surface area contributed by atoms with E-state index >= 15 is 0 Å². The lowest BCUT2D eigenvalue weighted by atomic mass is 10.1. The van der Waals surface area contributed by atoms with Crippen LogP contribution in [-0.2, 0) is 4.79 Å². The number of rotatable bonds is 6. The number of amides is 1. The number of anilines is 1. The van der Waals surface area contributed by atoms with Crippen molar-refractivity contribution < 1.29 is 14.3 Å². The van der Waals surface area contributed by atoms with Crippen molar-refractivity contribution in [1.29, 1.82) is 0 Å². The van der Waals surface area contributed by atoms with E-state index in [-0.39, 0.29) is 11.8 Å².